The number of ketones is 1. The molecule has 5 nitrogen and oxygen atoms in total. The summed E-state index contributed by atoms with van der Waals surface area (Å²) in [5.41, 5.74) is 2.95. The Labute approximate surface area is 170 Å². The van der Waals surface area contributed by atoms with E-state index in [4.69, 9.17) is 5.26 Å². The highest BCUT2D eigenvalue weighted by atomic mass is 16.3. The summed E-state index contributed by atoms with van der Waals surface area (Å²) in [5.74, 6) is -1.39. The number of aliphatic hydroxyl groups is 1. The monoisotopic (exact) mass is 388 g/mol. The Bertz CT molecular complexity index is 1020. The van der Waals surface area contributed by atoms with Crippen LogP contribution in [0.4, 0.5) is 5.69 Å². The van der Waals surface area contributed by atoms with Crippen molar-refractivity contribution < 1.29 is 14.7 Å². The van der Waals surface area contributed by atoms with E-state index >= 15 is 0 Å². The fourth-order valence-electron chi connectivity index (χ4n) is 3.52. The SMILES string of the molecule is CCC(=O)C1=C(O)C(=O)N(c2ccc(C#N)cc2)C1c1ccc(C(C)(C)C)cc1. The van der Waals surface area contributed by atoms with Crippen LogP contribution in [0.2, 0.25) is 0 Å². The number of amides is 1. The number of nitriles is 1. The lowest BCUT2D eigenvalue weighted by molar-refractivity contribution is -0.118. The largest absolute Gasteiger partial charge is 0.503 e. The third-order valence-corrected chi connectivity index (χ3v) is 5.20. The van der Waals surface area contributed by atoms with Crippen molar-refractivity contribution in [3.05, 3.63) is 76.6 Å². The van der Waals surface area contributed by atoms with Gasteiger partial charge in [0.2, 0.25) is 0 Å². The highest BCUT2D eigenvalue weighted by Crippen LogP contribution is 2.41. The van der Waals surface area contributed by atoms with E-state index < -0.39 is 17.7 Å². The molecule has 0 spiro atoms. The van der Waals surface area contributed by atoms with Gasteiger partial charge in [-0.2, -0.15) is 5.26 Å². The average Bonchev–Trinajstić information content (AvgIpc) is 2.98. The Balaban J connectivity index is 2.13. The fraction of sp³-hybridized carbons (Fsp3) is 0.292. The minimum Gasteiger partial charge on any atom is -0.503 e. The standard InChI is InChI=1S/C24H24N2O3/c1-5-19(27)20-21(16-8-10-17(11-9-16)24(2,3)4)26(23(29)22(20)28)18-12-6-15(14-25)7-13-18/h6-13,21,28H,5H2,1-4H3. The first-order chi connectivity index (χ1) is 13.7. The second kappa shape index (κ2) is 7.56. The van der Waals surface area contributed by atoms with Crippen LogP contribution >= 0.6 is 0 Å². The molecule has 0 saturated carbocycles. The zero-order chi connectivity index (χ0) is 21.3. The van der Waals surface area contributed by atoms with Gasteiger partial charge < -0.3 is 5.11 Å². The topological polar surface area (TPSA) is 81.4 Å². The predicted octanol–water partition coefficient (Wildman–Crippen LogP) is 4.73. The maximum absolute atomic E-state index is 12.9. The molecule has 1 atom stereocenters. The summed E-state index contributed by atoms with van der Waals surface area (Å²) in [6.45, 7) is 8.04. The summed E-state index contributed by atoms with van der Waals surface area (Å²) in [4.78, 5) is 26.9. The number of Topliss-reactive ketones (excluding diaryl/α,β-unsaturated/α-hetero) is 1. The third-order valence-electron chi connectivity index (χ3n) is 5.20. The molecule has 1 N–H and O–H groups in total. The molecule has 1 aliphatic heterocycles. The van der Waals surface area contributed by atoms with Crippen LogP contribution in [0.5, 0.6) is 0 Å². The van der Waals surface area contributed by atoms with Crippen molar-refractivity contribution in [2.75, 3.05) is 4.90 Å². The first kappa shape index (κ1) is 20.3. The van der Waals surface area contributed by atoms with Gasteiger partial charge in [0.1, 0.15) is 0 Å². The van der Waals surface area contributed by atoms with Gasteiger partial charge in [0.15, 0.2) is 11.5 Å². The molecule has 1 heterocycles. The van der Waals surface area contributed by atoms with Gasteiger partial charge in [0, 0.05) is 12.1 Å². The summed E-state index contributed by atoms with van der Waals surface area (Å²) < 4.78 is 0. The highest BCUT2D eigenvalue weighted by molar-refractivity contribution is 6.16. The van der Waals surface area contributed by atoms with Crippen LogP contribution in [0.15, 0.2) is 59.9 Å². The molecule has 1 aliphatic rings. The minimum atomic E-state index is -0.711. The number of hydrogen-bond acceptors (Lipinski definition) is 4. The van der Waals surface area contributed by atoms with Crippen molar-refractivity contribution in [1.29, 1.82) is 5.26 Å². The lowest BCUT2D eigenvalue weighted by Gasteiger charge is -2.28. The van der Waals surface area contributed by atoms with Gasteiger partial charge in [-0.25, -0.2) is 0 Å². The number of nitrogens with zero attached hydrogens (tertiary/aromatic N) is 2. The van der Waals surface area contributed by atoms with Gasteiger partial charge in [-0.15, -0.1) is 0 Å². The second-order valence-corrected chi connectivity index (χ2v) is 8.15. The second-order valence-electron chi connectivity index (χ2n) is 8.15. The summed E-state index contributed by atoms with van der Waals surface area (Å²) in [6, 6.07) is 15.6. The minimum absolute atomic E-state index is 0.0309. The number of carbonyl (C=O) groups is 2. The Morgan fingerprint density at radius 1 is 1.10 bits per heavy atom. The zero-order valence-corrected chi connectivity index (χ0v) is 17.1. The Hall–Kier alpha value is -3.39. The van der Waals surface area contributed by atoms with Crippen molar-refractivity contribution in [2.24, 2.45) is 0 Å². The van der Waals surface area contributed by atoms with Crippen LogP contribution in [-0.4, -0.2) is 16.8 Å². The number of carbonyl (C=O) groups excluding carboxylic acids is 2. The normalized spacial score (nSPS) is 16.9. The molecular formula is C24H24N2O3. The Kier molecular flexibility index (Phi) is 5.30. The molecule has 0 fully saturated rings. The van der Waals surface area contributed by atoms with Gasteiger partial charge in [-0.05, 0) is 40.8 Å². The molecule has 0 bridgehead atoms. The van der Waals surface area contributed by atoms with Crippen LogP contribution in [-0.2, 0) is 15.0 Å². The maximum Gasteiger partial charge on any atom is 0.294 e. The third kappa shape index (κ3) is 3.66. The van der Waals surface area contributed by atoms with Gasteiger partial charge in [-0.3, -0.25) is 14.5 Å². The maximum atomic E-state index is 12.9. The predicted molar refractivity (Wildman–Crippen MR) is 111 cm³/mol. The molecule has 148 valence electrons. The number of anilines is 1. The van der Waals surface area contributed by atoms with Gasteiger partial charge >= 0.3 is 0 Å². The summed E-state index contributed by atoms with van der Waals surface area (Å²) in [7, 11) is 0. The zero-order valence-electron chi connectivity index (χ0n) is 17.1. The van der Waals surface area contributed by atoms with Gasteiger partial charge in [-0.1, -0.05) is 52.0 Å². The van der Waals surface area contributed by atoms with Crippen molar-refractivity contribution >= 4 is 17.4 Å². The number of benzene rings is 2. The Morgan fingerprint density at radius 2 is 1.69 bits per heavy atom. The van der Waals surface area contributed by atoms with E-state index in [1.165, 1.54) is 4.90 Å². The molecule has 5 heteroatoms. The first-order valence-electron chi connectivity index (χ1n) is 9.59. The molecule has 0 aliphatic carbocycles. The average molecular weight is 388 g/mol. The number of hydrogen-bond donors (Lipinski definition) is 1. The molecule has 1 amide bonds. The molecule has 0 saturated heterocycles. The van der Waals surface area contributed by atoms with E-state index in [1.807, 2.05) is 30.3 Å². The quantitative estimate of drug-likeness (QED) is 0.820. The van der Waals surface area contributed by atoms with E-state index in [0.717, 1.165) is 11.1 Å². The first-order valence-corrected chi connectivity index (χ1v) is 9.59. The van der Waals surface area contributed by atoms with Crippen LogP contribution in [0.25, 0.3) is 0 Å². The van der Waals surface area contributed by atoms with Gasteiger partial charge in [0.25, 0.3) is 5.91 Å². The van der Waals surface area contributed by atoms with Crippen LogP contribution < -0.4 is 4.90 Å². The summed E-state index contributed by atoms with van der Waals surface area (Å²) >= 11 is 0. The Morgan fingerprint density at radius 3 is 2.17 bits per heavy atom. The van der Waals surface area contributed by atoms with Crippen molar-refractivity contribution in [3.8, 4) is 6.07 Å². The molecule has 3 rings (SSSR count). The number of aliphatic hydroxyl groups excluding tert-OH is 1. The summed E-state index contributed by atoms with van der Waals surface area (Å²) in [5, 5.41) is 19.6. The van der Waals surface area contributed by atoms with Crippen molar-refractivity contribution in [2.45, 2.75) is 45.6 Å². The van der Waals surface area contributed by atoms with E-state index in [9.17, 15) is 14.7 Å². The van der Waals surface area contributed by atoms with Crippen molar-refractivity contribution in [3.63, 3.8) is 0 Å². The molecular weight excluding hydrogens is 364 g/mol. The van der Waals surface area contributed by atoms with E-state index in [1.54, 1.807) is 31.2 Å². The summed E-state index contributed by atoms with van der Waals surface area (Å²) in [6.07, 6.45) is 0.185. The molecule has 2 aromatic rings. The van der Waals surface area contributed by atoms with Crippen LogP contribution in [0.3, 0.4) is 0 Å². The fourth-order valence-corrected chi connectivity index (χ4v) is 3.52. The molecule has 0 aromatic heterocycles. The smallest absolute Gasteiger partial charge is 0.294 e. The highest BCUT2D eigenvalue weighted by Gasteiger charge is 2.43. The molecule has 1 unspecified atom stereocenters. The molecule has 29 heavy (non-hydrogen) atoms. The van der Waals surface area contributed by atoms with Crippen molar-refractivity contribution in [1.82, 2.24) is 0 Å². The van der Waals surface area contributed by atoms with Crippen LogP contribution in [0, 0.1) is 11.3 Å². The van der Waals surface area contributed by atoms with Gasteiger partial charge in [0.05, 0.1) is 23.2 Å². The number of rotatable bonds is 4. The van der Waals surface area contributed by atoms with E-state index in [-0.39, 0.29) is 23.2 Å². The molecule has 2 aromatic carbocycles. The van der Waals surface area contributed by atoms with E-state index in [0.29, 0.717) is 11.3 Å². The van der Waals surface area contributed by atoms with Crippen LogP contribution in [0.1, 0.15) is 56.8 Å². The lowest BCUT2D eigenvalue weighted by Crippen LogP contribution is -2.31. The molecule has 0 radical (unpaired) electrons. The van der Waals surface area contributed by atoms with E-state index in [2.05, 4.69) is 20.8 Å². The lowest BCUT2D eigenvalue weighted by atomic mass is 9.85.